The van der Waals surface area contributed by atoms with E-state index >= 15 is 0 Å². The van der Waals surface area contributed by atoms with Crippen LogP contribution in [0, 0.1) is 23.7 Å². The molecule has 0 unspecified atom stereocenters. The summed E-state index contributed by atoms with van der Waals surface area (Å²) in [6.45, 7) is 40.1. The fourth-order valence-electron chi connectivity index (χ4n) is 13.6. The van der Waals surface area contributed by atoms with E-state index in [2.05, 4.69) is 145 Å². The zero-order valence-corrected chi connectivity index (χ0v) is 42.0. The molecule has 350 valence electrons. The molecule has 1 aromatic carbocycles. The Bertz CT molecular complexity index is 1810. The third kappa shape index (κ3) is 11.5. The third-order valence-corrected chi connectivity index (χ3v) is 14.5. The molecule has 0 saturated carbocycles. The molecule has 4 aliphatic heterocycles. The van der Waals surface area contributed by atoms with Gasteiger partial charge >= 0.3 is 17.9 Å². The van der Waals surface area contributed by atoms with Gasteiger partial charge in [0.2, 0.25) is 0 Å². The predicted molar refractivity (Wildman–Crippen MR) is 247 cm³/mol. The number of rotatable bonds is 11. The van der Waals surface area contributed by atoms with Gasteiger partial charge in [0.05, 0.1) is 17.8 Å². The SMILES string of the molecule is CCN1C(C)(C)CC(C(=O)Oc2cc(OC(=O)C3CC(C)(C)NC(C)(C)C3)c(CC(=O)C3CC(C)(C)NC(C)(C)C3)c(OC(=O)C3CC(C)(C)N(CC)C(C)(C)C3)c2)CC1(C)C. The summed E-state index contributed by atoms with van der Waals surface area (Å²) in [5.41, 5.74) is -1.99. The second-order valence-corrected chi connectivity index (χ2v) is 24.7. The minimum Gasteiger partial charge on any atom is -0.426 e. The van der Waals surface area contributed by atoms with Gasteiger partial charge in [0.25, 0.3) is 0 Å². The van der Waals surface area contributed by atoms with Crippen LogP contribution in [0.5, 0.6) is 17.2 Å². The van der Waals surface area contributed by atoms with E-state index in [0.29, 0.717) is 56.9 Å². The number of Topliss-reactive ketones (excluding diaryl/α,β-unsaturated/α-hetero) is 1. The van der Waals surface area contributed by atoms with E-state index in [9.17, 15) is 19.2 Å². The molecule has 2 N–H and O–H groups in total. The molecule has 11 nitrogen and oxygen atoms in total. The van der Waals surface area contributed by atoms with Gasteiger partial charge in [0.1, 0.15) is 23.0 Å². The summed E-state index contributed by atoms with van der Waals surface area (Å²) in [5.74, 6) is -2.57. The fraction of sp³-hybridized carbons (Fsp3) is 0.804. The lowest BCUT2D eigenvalue weighted by Crippen LogP contribution is -2.61. The van der Waals surface area contributed by atoms with E-state index in [0.717, 1.165) is 13.1 Å². The molecule has 5 rings (SSSR count). The third-order valence-electron chi connectivity index (χ3n) is 14.5. The number of likely N-dealkylation sites (tertiary alicyclic amines) is 2. The fourth-order valence-corrected chi connectivity index (χ4v) is 13.6. The Labute approximate surface area is 374 Å². The van der Waals surface area contributed by atoms with Gasteiger partial charge in [-0.1, -0.05) is 13.8 Å². The summed E-state index contributed by atoms with van der Waals surface area (Å²) < 4.78 is 19.2. The Morgan fingerprint density at radius 1 is 0.484 bits per heavy atom. The monoisotopic (exact) mass is 865 g/mol. The van der Waals surface area contributed by atoms with Crippen LogP contribution in [-0.4, -0.2) is 90.9 Å². The first kappa shape index (κ1) is 50.1. The van der Waals surface area contributed by atoms with Crippen LogP contribution in [0.25, 0.3) is 0 Å². The first-order valence-electron chi connectivity index (χ1n) is 23.6. The standard InChI is InChI=1S/C51H84N4O7/c1-19-54-48(11,12)28-34(29-49(54,13)14)41(57)60-36-21-39(61-42(58)33-26-46(7,8)53-47(9,10)27-33)37(23-38(56)32-24-44(3,4)52-45(5,6)25-32)40(22-36)62-43(59)35-30-50(15,16)55(20-2)51(17,18)31-35/h21-22,32-35,52-53H,19-20,23-31H2,1-18H3. The highest BCUT2D eigenvalue weighted by atomic mass is 16.6. The highest BCUT2D eigenvalue weighted by Crippen LogP contribution is 2.46. The first-order valence-corrected chi connectivity index (χ1v) is 23.6. The summed E-state index contributed by atoms with van der Waals surface area (Å²) in [6, 6.07) is 3.13. The van der Waals surface area contributed by atoms with Gasteiger partial charge in [-0.15, -0.1) is 0 Å². The molecule has 0 bridgehead atoms. The van der Waals surface area contributed by atoms with Gasteiger partial charge in [-0.2, -0.15) is 0 Å². The largest absolute Gasteiger partial charge is 0.426 e. The number of hydrogen-bond donors (Lipinski definition) is 2. The molecule has 4 aliphatic rings. The highest BCUT2D eigenvalue weighted by molar-refractivity contribution is 5.87. The lowest BCUT2D eigenvalue weighted by atomic mass is 9.73. The van der Waals surface area contributed by atoms with Gasteiger partial charge in [0.15, 0.2) is 0 Å². The molecule has 0 atom stereocenters. The number of esters is 3. The zero-order valence-electron chi connectivity index (χ0n) is 42.0. The quantitative estimate of drug-likeness (QED) is 0.163. The van der Waals surface area contributed by atoms with Crippen molar-refractivity contribution in [1.82, 2.24) is 20.4 Å². The van der Waals surface area contributed by atoms with E-state index < -0.39 is 35.7 Å². The number of piperidine rings is 4. The van der Waals surface area contributed by atoms with E-state index in [1.54, 1.807) is 12.1 Å². The van der Waals surface area contributed by atoms with Gasteiger partial charge < -0.3 is 24.8 Å². The Hall–Kier alpha value is -2.86. The number of nitrogens with one attached hydrogen (secondary N) is 2. The highest BCUT2D eigenvalue weighted by Gasteiger charge is 2.49. The van der Waals surface area contributed by atoms with E-state index in [1.165, 1.54) is 0 Å². The summed E-state index contributed by atoms with van der Waals surface area (Å²) in [7, 11) is 0. The van der Waals surface area contributed by atoms with Crippen LogP contribution in [0.3, 0.4) is 0 Å². The minimum absolute atomic E-state index is 0.0261. The van der Waals surface area contributed by atoms with Gasteiger partial charge in [-0.05, 0) is 175 Å². The lowest BCUT2D eigenvalue weighted by molar-refractivity contribution is -0.147. The summed E-state index contributed by atoms with van der Waals surface area (Å²) in [5, 5.41) is 7.33. The summed E-state index contributed by atoms with van der Waals surface area (Å²) in [6.07, 6.45) is 4.58. The van der Waals surface area contributed by atoms with Crippen LogP contribution in [0.1, 0.15) is 182 Å². The maximum absolute atomic E-state index is 14.7. The van der Waals surface area contributed by atoms with Crippen molar-refractivity contribution in [3.8, 4) is 17.2 Å². The van der Waals surface area contributed by atoms with Crippen LogP contribution < -0.4 is 24.8 Å². The molecule has 11 heteroatoms. The van der Waals surface area contributed by atoms with Crippen molar-refractivity contribution in [2.24, 2.45) is 23.7 Å². The lowest BCUT2D eigenvalue weighted by Gasteiger charge is -2.54. The molecule has 4 fully saturated rings. The normalized spacial score (nSPS) is 26.0. The number of nitrogens with zero attached hydrogens (tertiary/aromatic N) is 2. The van der Waals surface area contributed by atoms with E-state index in [-0.39, 0.29) is 79.7 Å². The summed E-state index contributed by atoms with van der Waals surface area (Å²) in [4.78, 5) is 62.9. The van der Waals surface area contributed by atoms with Crippen molar-refractivity contribution >= 4 is 23.7 Å². The zero-order chi connectivity index (χ0) is 46.8. The molecule has 0 radical (unpaired) electrons. The number of ether oxygens (including phenoxy) is 3. The first-order chi connectivity index (χ1) is 28.1. The van der Waals surface area contributed by atoms with Crippen molar-refractivity contribution in [2.45, 2.75) is 227 Å². The second-order valence-electron chi connectivity index (χ2n) is 24.7. The molecule has 4 heterocycles. The minimum atomic E-state index is -0.450. The number of benzene rings is 1. The van der Waals surface area contributed by atoms with Crippen LogP contribution in [0.2, 0.25) is 0 Å². The smallest absolute Gasteiger partial charge is 0.314 e. The van der Waals surface area contributed by atoms with Gasteiger partial charge in [-0.3, -0.25) is 29.0 Å². The van der Waals surface area contributed by atoms with Crippen LogP contribution in [0.4, 0.5) is 0 Å². The Morgan fingerprint density at radius 2 is 0.774 bits per heavy atom. The van der Waals surface area contributed by atoms with E-state index in [4.69, 9.17) is 14.2 Å². The Morgan fingerprint density at radius 3 is 1.10 bits per heavy atom. The molecule has 0 aromatic heterocycles. The van der Waals surface area contributed by atoms with Crippen molar-refractivity contribution in [3.05, 3.63) is 17.7 Å². The molecular formula is C51H84N4O7. The van der Waals surface area contributed by atoms with Crippen LogP contribution >= 0.6 is 0 Å². The average molecular weight is 865 g/mol. The van der Waals surface area contributed by atoms with Gasteiger partial charge in [-0.25, -0.2) is 0 Å². The predicted octanol–water partition coefficient (Wildman–Crippen LogP) is 9.21. The number of carbonyl (C=O) groups is 4. The van der Waals surface area contributed by atoms with Crippen molar-refractivity contribution in [3.63, 3.8) is 0 Å². The molecule has 0 spiro atoms. The maximum Gasteiger partial charge on any atom is 0.314 e. The van der Waals surface area contributed by atoms with Crippen molar-refractivity contribution < 1.29 is 33.4 Å². The Balaban J connectivity index is 1.61. The van der Waals surface area contributed by atoms with Crippen LogP contribution in [-0.2, 0) is 25.6 Å². The topological polar surface area (TPSA) is 127 Å². The molecule has 1 aromatic rings. The molecule has 0 aliphatic carbocycles. The molecular weight excluding hydrogens is 781 g/mol. The number of carbonyl (C=O) groups excluding carboxylic acids is 4. The summed E-state index contributed by atoms with van der Waals surface area (Å²) >= 11 is 0. The number of ketones is 1. The van der Waals surface area contributed by atoms with Crippen LogP contribution in [0.15, 0.2) is 12.1 Å². The second kappa shape index (κ2) is 17.2. The molecule has 62 heavy (non-hydrogen) atoms. The molecule has 0 amide bonds. The Kier molecular flexibility index (Phi) is 13.9. The van der Waals surface area contributed by atoms with Crippen molar-refractivity contribution in [1.29, 1.82) is 0 Å². The van der Waals surface area contributed by atoms with Crippen molar-refractivity contribution in [2.75, 3.05) is 13.1 Å². The van der Waals surface area contributed by atoms with Gasteiger partial charge in [0, 0.05) is 74.3 Å². The molecule has 4 saturated heterocycles. The number of hydrogen-bond acceptors (Lipinski definition) is 11. The van der Waals surface area contributed by atoms with E-state index in [1.807, 2.05) is 0 Å². The maximum atomic E-state index is 14.7. The average Bonchev–Trinajstić information content (AvgIpc) is 3.05.